The molecule has 0 fully saturated rings. The van der Waals surface area contributed by atoms with Crippen molar-refractivity contribution in [3.05, 3.63) is 17.3 Å². The first-order valence-electron chi connectivity index (χ1n) is 5.59. The van der Waals surface area contributed by atoms with Crippen molar-refractivity contribution >= 4 is 29.0 Å². The Morgan fingerprint density at radius 1 is 1.41 bits per heavy atom. The molecule has 0 saturated carbocycles. The van der Waals surface area contributed by atoms with Gasteiger partial charge in [0.05, 0.1) is 5.69 Å². The summed E-state index contributed by atoms with van der Waals surface area (Å²) >= 11 is 5.86. The van der Waals surface area contributed by atoms with Crippen molar-refractivity contribution in [2.75, 3.05) is 10.6 Å². The van der Waals surface area contributed by atoms with E-state index < -0.39 is 0 Å². The van der Waals surface area contributed by atoms with Crippen LogP contribution >= 0.6 is 11.6 Å². The minimum absolute atomic E-state index is 0.000275. The second kappa shape index (κ2) is 4.18. The molecule has 2 rings (SSSR count). The highest BCUT2D eigenvalue weighted by molar-refractivity contribution is 6.29. The first-order chi connectivity index (χ1) is 7.86. The molecule has 17 heavy (non-hydrogen) atoms. The molecule has 0 aliphatic carbocycles. The van der Waals surface area contributed by atoms with Gasteiger partial charge in [0.1, 0.15) is 5.15 Å². The number of carbonyl (C=O) groups is 1. The van der Waals surface area contributed by atoms with E-state index in [1.54, 1.807) is 12.1 Å². The van der Waals surface area contributed by atoms with Gasteiger partial charge in [0.15, 0.2) is 5.82 Å². The minimum atomic E-state index is -0.0249. The number of halogens is 1. The first kappa shape index (κ1) is 12.2. The predicted octanol–water partition coefficient (Wildman–Crippen LogP) is 2.90. The van der Waals surface area contributed by atoms with Crippen LogP contribution in [0.3, 0.4) is 0 Å². The maximum absolute atomic E-state index is 11.8. The fourth-order valence-corrected chi connectivity index (χ4v) is 1.92. The second-order valence-corrected chi connectivity index (χ2v) is 5.73. The van der Waals surface area contributed by atoms with Crippen LogP contribution in [0.1, 0.15) is 27.2 Å². The lowest BCUT2D eigenvalue weighted by atomic mass is 9.85. The van der Waals surface area contributed by atoms with Crippen molar-refractivity contribution in [2.24, 2.45) is 5.41 Å². The number of nitrogens with one attached hydrogen (secondary N) is 2. The molecule has 0 spiro atoms. The van der Waals surface area contributed by atoms with Gasteiger partial charge in [-0.3, -0.25) is 4.79 Å². The van der Waals surface area contributed by atoms with Gasteiger partial charge in [0.2, 0.25) is 5.91 Å². The molecule has 1 aromatic heterocycles. The van der Waals surface area contributed by atoms with Crippen LogP contribution in [0.25, 0.3) is 0 Å². The Labute approximate surface area is 106 Å². The van der Waals surface area contributed by atoms with Crippen LogP contribution in [0, 0.1) is 5.41 Å². The van der Waals surface area contributed by atoms with Gasteiger partial charge >= 0.3 is 0 Å². The number of fused-ring (bicyclic) bond motifs is 1. The Hall–Kier alpha value is -1.29. The van der Waals surface area contributed by atoms with Crippen LogP contribution in [0.2, 0.25) is 5.15 Å². The molecule has 0 saturated heterocycles. The van der Waals surface area contributed by atoms with Crippen LogP contribution in [-0.2, 0) is 4.79 Å². The van der Waals surface area contributed by atoms with Gasteiger partial charge in [-0.1, -0.05) is 32.4 Å². The highest BCUT2D eigenvalue weighted by atomic mass is 35.5. The molecule has 1 aromatic rings. The topological polar surface area (TPSA) is 54.0 Å². The molecule has 92 valence electrons. The Morgan fingerprint density at radius 2 is 2.12 bits per heavy atom. The quantitative estimate of drug-likeness (QED) is 0.699. The number of carbonyl (C=O) groups excluding carboxylic acids is 1. The lowest BCUT2D eigenvalue weighted by molar-refractivity contribution is -0.116. The molecule has 0 radical (unpaired) electrons. The Kier molecular flexibility index (Phi) is 3.00. The Bertz CT molecular complexity index is 454. The summed E-state index contributed by atoms with van der Waals surface area (Å²) in [5, 5.41) is 6.54. The highest BCUT2D eigenvalue weighted by Gasteiger charge is 2.30. The lowest BCUT2D eigenvalue weighted by Crippen LogP contribution is -2.35. The van der Waals surface area contributed by atoms with Crippen molar-refractivity contribution < 1.29 is 4.79 Å². The summed E-state index contributed by atoms with van der Waals surface area (Å²) in [7, 11) is 0. The summed E-state index contributed by atoms with van der Waals surface area (Å²) in [6, 6.07) is 3.47. The number of rotatable bonds is 0. The first-order valence-corrected chi connectivity index (χ1v) is 5.97. The fourth-order valence-electron chi connectivity index (χ4n) is 1.77. The molecule has 1 aliphatic rings. The number of hydrogen-bond donors (Lipinski definition) is 2. The van der Waals surface area contributed by atoms with Crippen molar-refractivity contribution in [1.82, 2.24) is 4.98 Å². The van der Waals surface area contributed by atoms with E-state index in [9.17, 15) is 4.79 Å². The molecule has 0 aromatic carbocycles. The molecule has 1 aliphatic heterocycles. The average molecular weight is 254 g/mol. The standard InChI is InChI=1S/C12H16ClN3O/c1-12(2,3)8-6-10(17)14-7-4-5-9(13)16-11(7)15-8/h4-5,8H,6H2,1-3H3,(H,14,17)(H,15,16). The number of nitrogens with zero attached hydrogens (tertiary/aromatic N) is 1. The molecule has 4 nitrogen and oxygen atoms in total. The smallest absolute Gasteiger partial charge is 0.226 e. The van der Waals surface area contributed by atoms with Crippen molar-refractivity contribution in [1.29, 1.82) is 0 Å². The normalized spacial score (nSPS) is 20.0. The second-order valence-electron chi connectivity index (χ2n) is 5.35. The van der Waals surface area contributed by atoms with Gasteiger partial charge in [-0.15, -0.1) is 0 Å². The third-order valence-electron chi connectivity index (χ3n) is 2.88. The summed E-state index contributed by atoms with van der Waals surface area (Å²) in [5.41, 5.74) is 0.661. The van der Waals surface area contributed by atoms with Crippen LogP contribution in [-0.4, -0.2) is 16.9 Å². The molecule has 2 N–H and O–H groups in total. The third kappa shape index (κ3) is 2.69. The zero-order valence-electron chi connectivity index (χ0n) is 10.2. The van der Waals surface area contributed by atoms with Gasteiger partial charge in [0, 0.05) is 12.5 Å². The predicted molar refractivity (Wildman–Crippen MR) is 69.4 cm³/mol. The minimum Gasteiger partial charge on any atom is -0.365 e. The van der Waals surface area contributed by atoms with Gasteiger partial charge in [-0.05, 0) is 17.5 Å². The van der Waals surface area contributed by atoms with Crippen molar-refractivity contribution in [3.63, 3.8) is 0 Å². The molecule has 5 heteroatoms. The molecule has 1 atom stereocenters. The SMILES string of the molecule is CC(C)(C)C1CC(=O)Nc2ccc(Cl)nc2N1. The Balaban J connectivity index is 2.38. The summed E-state index contributed by atoms with van der Waals surface area (Å²) in [4.78, 5) is 16.0. The lowest BCUT2D eigenvalue weighted by Gasteiger charge is -2.30. The number of hydrogen-bond acceptors (Lipinski definition) is 3. The van der Waals surface area contributed by atoms with Gasteiger partial charge < -0.3 is 10.6 Å². The van der Waals surface area contributed by atoms with E-state index in [0.717, 1.165) is 0 Å². The van der Waals surface area contributed by atoms with E-state index in [4.69, 9.17) is 11.6 Å². The molecule has 0 bridgehead atoms. The van der Waals surface area contributed by atoms with Crippen LogP contribution in [0.15, 0.2) is 12.1 Å². The summed E-state index contributed by atoms with van der Waals surface area (Å²) in [5.74, 6) is 0.642. The summed E-state index contributed by atoms with van der Waals surface area (Å²) in [6.07, 6.45) is 0.428. The number of pyridine rings is 1. The van der Waals surface area contributed by atoms with Crippen LogP contribution in [0.4, 0.5) is 11.5 Å². The highest BCUT2D eigenvalue weighted by Crippen LogP contribution is 2.32. The average Bonchev–Trinajstić information content (AvgIpc) is 2.35. The monoisotopic (exact) mass is 253 g/mol. The van der Waals surface area contributed by atoms with Gasteiger partial charge in [0.25, 0.3) is 0 Å². The summed E-state index contributed by atoms with van der Waals surface area (Å²) in [6.45, 7) is 6.27. The molecular formula is C12H16ClN3O. The van der Waals surface area contributed by atoms with E-state index in [1.165, 1.54) is 0 Å². The summed E-state index contributed by atoms with van der Waals surface area (Å²) < 4.78 is 0. The van der Waals surface area contributed by atoms with Crippen LogP contribution in [0.5, 0.6) is 0 Å². The van der Waals surface area contributed by atoms with E-state index in [0.29, 0.717) is 23.1 Å². The van der Waals surface area contributed by atoms with E-state index >= 15 is 0 Å². The van der Waals surface area contributed by atoms with Crippen molar-refractivity contribution in [3.8, 4) is 0 Å². The maximum atomic E-state index is 11.8. The molecular weight excluding hydrogens is 238 g/mol. The number of anilines is 2. The van der Waals surface area contributed by atoms with E-state index in [1.807, 2.05) is 0 Å². The van der Waals surface area contributed by atoms with Crippen LogP contribution < -0.4 is 10.6 Å². The third-order valence-corrected chi connectivity index (χ3v) is 3.09. The Morgan fingerprint density at radius 3 is 2.76 bits per heavy atom. The van der Waals surface area contributed by atoms with E-state index in [-0.39, 0.29) is 17.4 Å². The van der Waals surface area contributed by atoms with Gasteiger partial charge in [-0.2, -0.15) is 0 Å². The van der Waals surface area contributed by atoms with E-state index in [2.05, 4.69) is 36.4 Å². The van der Waals surface area contributed by atoms with Gasteiger partial charge in [-0.25, -0.2) is 4.98 Å². The zero-order chi connectivity index (χ0) is 12.6. The molecule has 2 heterocycles. The zero-order valence-corrected chi connectivity index (χ0v) is 10.9. The maximum Gasteiger partial charge on any atom is 0.226 e. The van der Waals surface area contributed by atoms with Crippen molar-refractivity contribution in [2.45, 2.75) is 33.2 Å². The number of aromatic nitrogens is 1. The number of amides is 1. The molecule has 1 amide bonds. The fraction of sp³-hybridized carbons (Fsp3) is 0.500. The molecule has 1 unspecified atom stereocenters. The largest absolute Gasteiger partial charge is 0.365 e.